The number of hydrogen-bond donors (Lipinski definition) is 1. The van der Waals surface area contributed by atoms with Gasteiger partial charge in [0.25, 0.3) is 5.91 Å². The smallest absolute Gasteiger partial charge is 0.275 e. The molecular formula is C15H13FN4O. The van der Waals surface area contributed by atoms with E-state index in [0.29, 0.717) is 22.9 Å². The molecule has 1 amide bonds. The van der Waals surface area contributed by atoms with E-state index in [9.17, 15) is 9.18 Å². The first kappa shape index (κ1) is 13.2. The molecule has 0 saturated heterocycles. The van der Waals surface area contributed by atoms with E-state index < -0.39 is 5.82 Å². The highest BCUT2D eigenvalue weighted by Crippen LogP contribution is 2.15. The van der Waals surface area contributed by atoms with Crippen molar-refractivity contribution in [2.75, 3.05) is 5.32 Å². The van der Waals surface area contributed by atoms with Crippen molar-refractivity contribution in [3.63, 3.8) is 0 Å². The first-order valence-electron chi connectivity index (χ1n) is 6.43. The number of imidazole rings is 1. The molecule has 106 valence electrons. The van der Waals surface area contributed by atoms with Crippen molar-refractivity contribution in [3.05, 3.63) is 59.4 Å². The lowest BCUT2D eigenvalue weighted by molar-refractivity contribution is 0.102. The first-order valence-corrected chi connectivity index (χ1v) is 6.43. The third-order valence-electron chi connectivity index (χ3n) is 3.12. The molecule has 0 aliphatic rings. The minimum atomic E-state index is -0.428. The Morgan fingerprint density at radius 2 is 2.05 bits per heavy atom. The molecule has 3 aromatic heterocycles. The topological polar surface area (TPSA) is 59.3 Å². The summed E-state index contributed by atoms with van der Waals surface area (Å²) < 4.78 is 14.8. The SMILES string of the molecule is Cc1ccc(NC(=O)c2c(C)nc3ccc(F)cn23)nc1. The number of rotatable bonds is 2. The fraction of sp³-hybridized carbons (Fsp3) is 0.133. The van der Waals surface area contributed by atoms with Gasteiger partial charge in [-0.3, -0.25) is 9.20 Å². The molecule has 21 heavy (non-hydrogen) atoms. The Morgan fingerprint density at radius 3 is 2.76 bits per heavy atom. The average Bonchev–Trinajstić information content (AvgIpc) is 2.76. The van der Waals surface area contributed by atoms with Gasteiger partial charge in [0.15, 0.2) is 0 Å². The predicted molar refractivity (Wildman–Crippen MR) is 76.8 cm³/mol. The number of carbonyl (C=O) groups excluding carboxylic acids is 1. The van der Waals surface area contributed by atoms with Crippen LogP contribution in [-0.4, -0.2) is 20.3 Å². The van der Waals surface area contributed by atoms with Crippen LogP contribution in [0.5, 0.6) is 0 Å². The molecule has 3 heterocycles. The van der Waals surface area contributed by atoms with Gasteiger partial charge in [0.1, 0.15) is 23.0 Å². The Hall–Kier alpha value is -2.76. The summed E-state index contributed by atoms with van der Waals surface area (Å²) in [7, 11) is 0. The van der Waals surface area contributed by atoms with E-state index in [1.165, 1.54) is 22.7 Å². The van der Waals surface area contributed by atoms with E-state index >= 15 is 0 Å². The molecule has 3 aromatic rings. The number of carbonyl (C=O) groups is 1. The second-order valence-electron chi connectivity index (χ2n) is 4.80. The molecule has 0 bridgehead atoms. The van der Waals surface area contributed by atoms with E-state index in [1.807, 2.05) is 13.0 Å². The number of hydrogen-bond acceptors (Lipinski definition) is 3. The Bertz CT molecular complexity index is 824. The van der Waals surface area contributed by atoms with Crippen molar-refractivity contribution in [2.24, 2.45) is 0 Å². The third-order valence-corrected chi connectivity index (χ3v) is 3.12. The zero-order chi connectivity index (χ0) is 15.0. The largest absolute Gasteiger partial charge is 0.305 e. The number of aromatic nitrogens is 3. The van der Waals surface area contributed by atoms with Crippen molar-refractivity contribution in [3.8, 4) is 0 Å². The second kappa shape index (κ2) is 4.97. The molecule has 0 aliphatic carbocycles. The van der Waals surface area contributed by atoms with E-state index in [4.69, 9.17) is 0 Å². The summed E-state index contributed by atoms with van der Waals surface area (Å²) in [6.45, 7) is 3.62. The van der Waals surface area contributed by atoms with E-state index in [2.05, 4.69) is 15.3 Å². The molecule has 5 nitrogen and oxygen atoms in total. The average molecular weight is 284 g/mol. The van der Waals surface area contributed by atoms with Crippen LogP contribution in [0, 0.1) is 19.7 Å². The Morgan fingerprint density at radius 1 is 1.24 bits per heavy atom. The first-order chi connectivity index (χ1) is 10.0. The van der Waals surface area contributed by atoms with Gasteiger partial charge in [-0.05, 0) is 37.6 Å². The minimum absolute atomic E-state index is 0.298. The van der Waals surface area contributed by atoms with Gasteiger partial charge in [0, 0.05) is 12.4 Å². The van der Waals surface area contributed by atoms with Gasteiger partial charge >= 0.3 is 0 Å². The van der Waals surface area contributed by atoms with Crippen molar-refractivity contribution < 1.29 is 9.18 Å². The Kier molecular flexibility index (Phi) is 3.13. The number of aryl methyl sites for hydroxylation is 2. The predicted octanol–water partition coefficient (Wildman–Crippen LogP) is 2.74. The maximum absolute atomic E-state index is 13.4. The van der Waals surface area contributed by atoms with Crippen molar-refractivity contribution in [1.29, 1.82) is 0 Å². The van der Waals surface area contributed by atoms with Gasteiger partial charge in [0.05, 0.1) is 5.69 Å². The number of nitrogens with one attached hydrogen (secondary N) is 1. The van der Waals surface area contributed by atoms with Crippen molar-refractivity contribution in [2.45, 2.75) is 13.8 Å². The highest BCUT2D eigenvalue weighted by Gasteiger charge is 2.17. The van der Waals surface area contributed by atoms with Gasteiger partial charge in [0.2, 0.25) is 0 Å². The molecule has 0 aromatic carbocycles. The Balaban J connectivity index is 1.99. The summed E-state index contributed by atoms with van der Waals surface area (Å²) in [6.07, 6.45) is 2.91. The van der Waals surface area contributed by atoms with Crippen LogP contribution in [0.15, 0.2) is 36.7 Å². The zero-order valence-electron chi connectivity index (χ0n) is 11.6. The summed E-state index contributed by atoms with van der Waals surface area (Å²) in [5.41, 5.74) is 2.36. The molecule has 0 spiro atoms. The summed E-state index contributed by atoms with van der Waals surface area (Å²) in [5.74, 6) is -0.360. The van der Waals surface area contributed by atoms with Crippen molar-refractivity contribution >= 4 is 17.4 Å². The molecule has 1 N–H and O–H groups in total. The fourth-order valence-corrected chi connectivity index (χ4v) is 2.13. The highest BCUT2D eigenvalue weighted by atomic mass is 19.1. The summed E-state index contributed by atoms with van der Waals surface area (Å²) in [4.78, 5) is 20.7. The molecule has 3 rings (SSSR count). The highest BCUT2D eigenvalue weighted by molar-refractivity contribution is 6.03. The lowest BCUT2D eigenvalue weighted by atomic mass is 10.3. The summed E-state index contributed by atoms with van der Waals surface area (Å²) >= 11 is 0. The maximum Gasteiger partial charge on any atom is 0.275 e. The van der Waals surface area contributed by atoms with Crippen LogP contribution in [0.25, 0.3) is 5.65 Å². The molecule has 0 fully saturated rings. The van der Waals surface area contributed by atoms with E-state index in [1.54, 1.807) is 19.2 Å². The molecule has 0 unspecified atom stereocenters. The van der Waals surface area contributed by atoms with Gasteiger partial charge < -0.3 is 5.32 Å². The quantitative estimate of drug-likeness (QED) is 0.787. The monoisotopic (exact) mass is 284 g/mol. The van der Waals surface area contributed by atoms with Crippen LogP contribution in [-0.2, 0) is 0 Å². The molecule has 0 atom stereocenters. The number of nitrogens with zero attached hydrogens (tertiary/aromatic N) is 3. The van der Waals surface area contributed by atoms with Crippen LogP contribution in [0.1, 0.15) is 21.7 Å². The molecular weight excluding hydrogens is 271 g/mol. The zero-order valence-corrected chi connectivity index (χ0v) is 11.6. The molecule has 6 heteroatoms. The lowest BCUT2D eigenvalue weighted by Gasteiger charge is -2.05. The van der Waals surface area contributed by atoms with Crippen molar-refractivity contribution in [1.82, 2.24) is 14.4 Å². The van der Waals surface area contributed by atoms with Gasteiger partial charge in [-0.25, -0.2) is 14.4 Å². The lowest BCUT2D eigenvalue weighted by Crippen LogP contribution is -2.16. The molecule has 0 radical (unpaired) electrons. The van der Waals surface area contributed by atoms with Crippen LogP contribution in [0.3, 0.4) is 0 Å². The van der Waals surface area contributed by atoms with Crippen LogP contribution < -0.4 is 5.32 Å². The number of halogens is 1. The summed E-state index contributed by atoms with van der Waals surface area (Å²) in [6, 6.07) is 6.41. The van der Waals surface area contributed by atoms with E-state index in [-0.39, 0.29) is 5.91 Å². The van der Waals surface area contributed by atoms with Gasteiger partial charge in [-0.1, -0.05) is 6.07 Å². The normalized spacial score (nSPS) is 10.8. The fourth-order valence-electron chi connectivity index (χ4n) is 2.13. The maximum atomic E-state index is 13.4. The molecule has 0 saturated carbocycles. The number of amides is 1. The Labute approximate surface area is 120 Å². The standard InChI is InChI=1S/C15H13FN4O/c1-9-3-5-12(17-7-9)19-15(21)14-10(2)18-13-6-4-11(16)8-20(13)14/h3-8H,1-2H3,(H,17,19,21). The second-order valence-corrected chi connectivity index (χ2v) is 4.80. The van der Waals surface area contributed by atoms with Gasteiger partial charge in [-0.15, -0.1) is 0 Å². The summed E-state index contributed by atoms with van der Waals surface area (Å²) in [5, 5.41) is 2.69. The number of fused-ring (bicyclic) bond motifs is 1. The minimum Gasteiger partial charge on any atom is -0.305 e. The van der Waals surface area contributed by atoms with Crippen LogP contribution in [0.4, 0.5) is 10.2 Å². The third kappa shape index (κ3) is 2.47. The van der Waals surface area contributed by atoms with E-state index in [0.717, 1.165) is 5.56 Å². The number of pyridine rings is 2. The van der Waals surface area contributed by atoms with Crippen LogP contribution >= 0.6 is 0 Å². The number of anilines is 1. The van der Waals surface area contributed by atoms with Gasteiger partial charge in [-0.2, -0.15) is 0 Å². The molecule has 0 aliphatic heterocycles. The van der Waals surface area contributed by atoms with Crippen LogP contribution in [0.2, 0.25) is 0 Å².